The fourth-order valence-corrected chi connectivity index (χ4v) is 5.01. The molecular weight excluding hydrogens is 352 g/mol. The van der Waals surface area contributed by atoms with Crippen LogP contribution in [0.5, 0.6) is 5.75 Å². The number of hydrogen-bond donors (Lipinski definition) is 0. The predicted octanol–water partition coefficient (Wildman–Crippen LogP) is 2.50. The summed E-state index contributed by atoms with van der Waals surface area (Å²) < 4.78 is 34.9. The lowest BCUT2D eigenvalue weighted by Gasteiger charge is -2.17. The summed E-state index contributed by atoms with van der Waals surface area (Å²) in [5, 5.41) is 8.46. The van der Waals surface area contributed by atoms with Crippen LogP contribution < -0.4 is 4.74 Å². The molecule has 1 saturated carbocycles. The van der Waals surface area contributed by atoms with Crippen molar-refractivity contribution in [2.24, 2.45) is 0 Å². The minimum Gasteiger partial charge on any atom is -0.494 e. The van der Waals surface area contributed by atoms with E-state index in [9.17, 15) is 8.42 Å². The third kappa shape index (κ3) is 3.23. The van der Waals surface area contributed by atoms with Gasteiger partial charge in [0.15, 0.2) is 0 Å². The Bertz CT molecular complexity index is 905. The van der Waals surface area contributed by atoms with E-state index >= 15 is 0 Å². The quantitative estimate of drug-likeness (QED) is 0.774. The van der Waals surface area contributed by atoms with Crippen molar-refractivity contribution in [2.75, 3.05) is 19.7 Å². The van der Waals surface area contributed by atoms with Crippen LogP contribution in [0.1, 0.15) is 49.4 Å². The van der Waals surface area contributed by atoms with Crippen LogP contribution in [0, 0.1) is 6.92 Å². The summed E-state index contributed by atoms with van der Waals surface area (Å²) in [6, 6.07) is 5.10. The Morgan fingerprint density at radius 1 is 1.27 bits per heavy atom. The molecular formula is C18H24N4O3S. The second-order valence-corrected chi connectivity index (χ2v) is 9.00. The van der Waals surface area contributed by atoms with Gasteiger partial charge in [-0.2, -0.15) is 4.31 Å². The van der Waals surface area contributed by atoms with E-state index in [-0.39, 0.29) is 6.04 Å². The molecule has 140 valence electrons. The molecule has 1 saturated heterocycles. The molecule has 4 rings (SSSR count). The molecule has 0 bridgehead atoms. The van der Waals surface area contributed by atoms with E-state index in [1.165, 1.54) is 12.8 Å². The highest BCUT2D eigenvalue weighted by atomic mass is 32.2. The number of ether oxygens (including phenoxy) is 1. The maximum absolute atomic E-state index is 13.0. The molecule has 1 aromatic heterocycles. The molecule has 1 aromatic carbocycles. The highest BCUT2D eigenvalue weighted by molar-refractivity contribution is 7.89. The zero-order valence-electron chi connectivity index (χ0n) is 15.1. The fourth-order valence-electron chi connectivity index (χ4n) is 3.43. The summed E-state index contributed by atoms with van der Waals surface area (Å²) in [6.45, 7) is 5.26. The molecule has 2 fully saturated rings. The van der Waals surface area contributed by atoms with Crippen LogP contribution in [0.4, 0.5) is 0 Å². The van der Waals surface area contributed by atoms with Crippen LogP contribution in [0.25, 0.3) is 0 Å². The number of aromatic nitrogens is 3. The normalized spacial score (nSPS) is 21.2. The monoisotopic (exact) mass is 376 g/mol. The van der Waals surface area contributed by atoms with Crippen LogP contribution in [0.3, 0.4) is 0 Å². The molecule has 0 amide bonds. The van der Waals surface area contributed by atoms with Crippen molar-refractivity contribution in [3.05, 3.63) is 35.7 Å². The second kappa shape index (κ2) is 6.66. The van der Waals surface area contributed by atoms with Gasteiger partial charge in [0.05, 0.1) is 23.2 Å². The van der Waals surface area contributed by atoms with Gasteiger partial charge in [0, 0.05) is 25.2 Å². The summed E-state index contributed by atoms with van der Waals surface area (Å²) in [7, 11) is -3.51. The molecule has 8 heteroatoms. The van der Waals surface area contributed by atoms with Gasteiger partial charge in [0.1, 0.15) is 5.75 Å². The van der Waals surface area contributed by atoms with Crippen molar-refractivity contribution in [3.8, 4) is 5.75 Å². The minimum atomic E-state index is -3.51. The van der Waals surface area contributed by atoms with Gasteiger partial charge in [0.25, 0.3) is 0 Å². The number of hydrogen-bond acceptors (Lipinski definition) is 5. The topological polar surface area (TPSA) is 77.3 Å². The first-order valence-corrected chi connectivity index (χ1v) is 10.6. The Morgan fingerprint density at radius 2 is 2.08 bits per heavy atom. The first kappa shape index (κ1) is 17.5. The highest BCUT2D eigenvalue weighted by Crippen LogP contribution is 2.39. The van der Waals surface area contributed by atoms with Gasteiger partial charge < -0.3 is 4.74 Å². The molecule has 26 heavy (non-hydrogen) atoms. The van der Waals surface area contributed by atoms with Crippen molar-refractivity contribution in [2.45, 2.75) is 50.0 Å². The minimum absolute atomic E-state index is 0.0496. The van der Waals surface area contributed by atoms with Crippen LogP contribution in [-0.2, 0) is 10.0 Å². The molecule has 1 aliphatic carbocycles. The number of sulfonamides is 1. The van der Waals surface area contributed by atoms with E-state index in [1.54, 1.807) is 22.5 Å². The van der Waals surface area contributed by atoms with Crippen LogP contribution in [-0.4, -0.2) is 47.4 Å². The Hall–Kier alpha value is -1.93. The maximum Gasteiger partial charge on any atom is 0.243 e. The number of nitrogens with zero attached hydrogens (tertiary/aromatic N) is 4. The summed E-state index contributed by atoms with van der Waals surface area (Å²) in [6.07, 6.45) is 5.10. The number of aryl methyl sites for hydroxylation is 1. The van der Waals surface area contributed by atoms with E-state index in [0.717, 1.165) is 23.4 Å². The van der Waals surface area contributed by atoms with Gasteiger partial charge in [-0.3, -0.25) is 0 Å². The number of benzene rings is 1. The Morgan fingerprint density at radius 3 is 2.77 bits per heavy atom. The first-order chi connectivity index (χ1) is 12.5. The zero-order valence-corrected chi connectivity index (χ0v) is 15.9. The summed E-state index contributed by atoms with van der Waals surface area (Å²) >= 11 is 0. The third-order valence-electron chi connectivity index (χ3n) is 5.11. The van der Waals surface area contributed by atoms with Crippen molar-refractivity contribution in [1.29, 1.82) is 0 Å². The first-order valence-electron chi connectivity index (χ1n) is 9.14. The molecule has 1 unspecified atom stereocenters. The van der Waals surface area contributed by atoms with Crippen LogP contribution in [0.2, 0.25) is 0 Å². The second-order valence-electron chi connectivity index (χ2n) is 7.06. The smallest absolute Gasteiger partial charge is 0.243 e. The van der Waals surface area contributed by atoms with Crippen molar-refractivity contribution in [1.82, 2.24) is 19.3 Å². The van der Waals surface area contributed by atoms with Gasteiger partial charge >= 0.3 is 0 Å². The summed E-state index contributed by atoms with van der Waals surface area (Å²) in [4.78, 5) is 0.316. The Labute approximate surface area is 154 Å². The molecule has 0 N–H and O–H groups in total. The average Bonchev–Trinajstić information content (AvgIpc) is 3.14. The molecule has 2 aromatic rings. The maximum atomic E-state index is 13.0. The zero-order chi connectivity index (χ0) is 18.3. The lowest BCUT2D eigenvalue weighted by molar-refractivity contribution is 0.337. The summed E-state index contributed by atoms with van der Waals surface area (Å²) in [5.41, 5.74) is 1.86. The lowest BCUT2D eigenvalue weighted by Crippen LogP contribution is -2.29. The van der Waals surface area contributed by atoms with Crippen LogP contribution in [0.15, 0.2) is 29.3 Å². The third-order valence-corrected chi connectivity index (χ3v) is 6.97. The summed E-state index contributed by atoms with van der Waals surface area (Å²) in [5.74, 6) is 1.28. The fraction of sp³-hybridized carbons (Fsp3) is 0.556. The van der Waals surface area contributed by atoms with Crippen molar-refractivity contribution < 1.29 is 13.2 Å². The van der Waals surface area contributed by atoms with E-state index in [0.29, 0.717) is 30.5 Å². The molecule has 7 nitrogen and oxygen atoms in total. The lowest BCUT2D eigenvalue weighted by atomic mass is 10.2. The molecule has 2 aliphatic rings. The van der Waals surface area contributed by atoms with Gasteiger partial charge in [-0.25, -0.2) is 13.1 Å². The van der Waals surface area contributed by atoms with E-state index in [4.69, 9.17) is 4.74 Å². The standard InChI is InChI=1S/C18H24N4O3S/c1-3-25-18-7-6-16(10-13(18)2)26(23,24)21-9-8-15(11-21)22-12-17(19-20-22)14-4-5-14/h6-7,10,12,14-15H,3-5,8-9,11H2,1-2H3. The van der Waals surface area contributed by atoms with Crippen molar-refractivity contribution in [3.63, 3.8) is 0 Å². The molecule has 0 radical (unpaired) electrons. The van der Waals surface area contributed by atoms with E-state index in [2.05, 4.69) is 10.3 Å². The molecule has 1 atom stereocenters. The number of rotatable bonds is 6. The van der Waals surface area contributed by atoms with Crippen LogP contribution >= 0.6 is 0 Å². The van der Waals surface area contributed by atoms with Gasteiger partial charge in [-0.05, 0) is 56.9 Å². The Balaban J connectivity index is 1.50. The average molecular weight is 376 g/mol. The predicted molar refractivity (Wildman–Crippen MR) is 96.8 cm³/mol. The van der Waals surface area contributed by atoms with Crippen molar-refractivity contribution >= 4 is 10.0 Å². The Kier molecular flexibility index (Phi) is 4.48. The van der Waals surface area contributed by atoms with E-state index < -0.39 is 10.0 Å². The van der Waals surface area contributed by atoms with Gasteiger partial charge in [-0.15, -0.1) is 5.10 Å². The molecule has 0 spiro atoms. The van der Waals surface area contributed by atoms with Gasteiger partial charge in [0.2, 0.25) is 10.0 Å². The molecule has 1 aliphatic heterocycles. The molecule has 2 heterocycles. The SMILES string of the molecule is CCOc1ccc(S(=O)(=O)N2CCC(n3cc(C4CC4)nn3)C2)cc1C. The van der Waals surface area contributed by atoms with E-state index in [1.807, 2.05) is 24.7 Å². The van der Waals surface area contributed by atoms with Gasteiger partial charge in [-0.1, -0.05) is 5.21 Å². The largest absolute Gasteiger partial charge is 0.494 e. The highest BCUT2D eigenvalue weighted by Gasteiger charge is 2.35.